The lowest BCUT2D eigenvalue weighted by Gasteiger charge is -2.08. The highest BCUT2D eigenvalue weighted by atomic mass is 79.9. The number of aromatic carboxylic acids is 1. The van der Waals surface area contributed by atoms with Gasteiger partial charge in [-0.2, -0.15) is 0 Å². The summed E-state index contributed by atoms with van der Waals surface area (Å²) in [5.74, 6) is -0.404. The summed E-state index contributed by atoms with van der Waals surface area (Å²) in [6.07, 6.45) is 0. The van der Waals surface area contributed by atoms with Gasteiger partial charge in [0.2, 0.25) is 0 Å². The van der Waals surface area contributed by atoms with Crippen LogP contribution in [0.1, 0.15) is 10.5 Å². The number of hydrogen-bond donors (Lipinski definition) is 1. The van der Waals surface area contributed by atoms with Crippen molar-refractivity contribution in [1.29, 1.82) is 0 Å². The van der Waals surface area contributed by atoms with Crippen molar-refractivity contribution in [1.82, 2.24) is 4.98 Å². The summed E-state index contributed by atoms with van der Waals surface area (Å²) < 4.78 is 6.12. The van der Waals surface area contributed by atoms with Crippen LogP contribution in [0.4, 0.5) is 0 Å². The van der Waals surface area contributed by atoms with Gasteiger partial charge < -0.3 is 9.84 Å². The topological polar surface area (TPSA) is 59.4 Å². The van der Waals surface area contributed by atoms with Crippen LogP contribution in [0.5, 0.6) is 5.75 Å². The van der Waals surface area contributed by atoms with E-state index in [1.165, 1.54) is 6.07 Å². The second kappa shape index (κ2) is 5.18. The summed E-state index contributed by atoms with van der Waals surface area (Å²) in [6, 6.07) is 10.4. The molecular weight excluding hydrogens is 298 g/mol. The zero-order valence-electron chi connectivity index (χ0n) is 9.55. The Balaban J connectivity index is 2.57. The van der Waals surface area contributed by atoms with Crippen LogP contribution < -0.4 is 4.74 Å². The second-order valence-electron chi connectivity index (χ2n) is 3.56. The van der Waals surface area contributed by atoms with Crippen molar-refractivity contribution in [2.24, 2.45) is 0 Å². The monoisotopic (exact) mass is 307 g/mol. The van der Waals surface area contributed by atoms with Gasteiger partial charge in [-0.1, -0.05) is 22.0 Å². The van der Waals surface area contributed by atoms with Crippen LogP contribution in [0.15, 0.2) is 40.9 Å². The number of ether oxygens (including phenoxy) is 1. The fourth-order valence-corrected chi connectivity index (χ4v) is 1.95. The van der Waals surface area contributed by atoms with Crippen LogP contribution in [0.3, 0.4) is 0 Å². The van der Waals surface area contributed by atoms with Crippen molar-refractivity contribution in [3.05, 3.63) is 46.6 Å². The molecule has 1 aromatic carbocycles. The minimum Gasteiger partial charge on any atom is -0.496 e. The molecule has 0 spiro atoms. The highest BCUT2D eigenvalue weighted by molar-refractivity contribution is 9.10. The molecule has 1 aromatic heterocycles. The number of methoxy groups -OCH3 is 1. The van der Waals surface area contributed by atoms with Gasteiger partial charge in [0.05, 0.1) is 12.8 Å². The molecule has 1 N–H and O–H groups in total. The minimum atomic E-state index is -1.05. The lowest BCUT2D eigenvalue weighted by atomic mass is 10.1. The van der Waals surface area contributed by atoms with E-state index in [4.69, 9.17) is 9.84 Å². The number of benzene rings is 1. The Morgan fingerprint density at radius 3 is 2.78 bits per heavy atom. The standard InChI is InChI=1S/C13H10BrNO3/c1-18-12-6-5-8(14)7-9(12)10-3-2-4-11(15-10)13(16)17/h2-7H,1H3,(H,16,17). The van der Waals surface area contributed by atoms with Crippen molar-refractivity contribution in [2.45, 2.75) is 0 Å². The molecule has 5 heteroatoms. The predicted octanol–water partition coefficient (Wildman–Crippen LogP) is 3.22. The maximum Gasteiger partial charge on any atom is 0.354 e. The number of nitrogens with zero attached hydrogens (tertiary/aromatic N) is 1. The first-order valence-electron chi connectivity index (χ1n) is 5.16. The molecule has 0 fully saturated rings. The predicted molar refractivity (Wildman–Crippen MR) is 70.9 cm³/mol. The molecule has 4 nitrogen and oxygen atoms in total. The number of hydrogen-bond acceptors (Lipinski definition) is 3. The average molecular weight is 308 g/mol. The smallest absolute Gasteiger partial charge is 0.354 e. The van der Waals surface area contributed by atoms with Gasteiger partial charge in [-0.05, 0) is 30.3 Å². The van der Waals surface area contributed by atoms with Crippen LogP contribution in [-0.2, 0) is 0 Å². The van der Waals surface area contributed by atoms with Crippen molar-refractivity contribution in [3.8, 4) is 17.0 Å². The number of pyridine rings is 1. The Morgan fingerprint density at radius 1 is 1.33 bits per heavy atom. The number of carboxylic acids is 1. The third-order valence-corrected chi connectivity index (χ3v) is 2.90. The third-order valence-electron chi connectivity index (χ3n) is 2.41. The van der Waals surface area contributed by atoms with Crippen LogP contribution in [0.2, 0.25) is 0 Å². The molecule has 2 aromatic rings. The number of aromatic nitrogens is 1. The van der Waals surface area contributed by atoms with Crippen LogP contribution in [-0.4, -0.2) is 23.2 Å². The molecule has 18 heavy (non-hydrogen) atoms. The zero-order chi connectivity index (χ0) is 13.1. The molecule has 2 rings (SSSR count). The summed E-state index contributed by atoms with van der Waals surface area (Å²) in [5.41, 5.74) is 1.32. The van der Waals surface area contributed by atoms with E-state index in [0.717, 1.165) is 10.0 Å². The number of carboxylic acid groups (broad SMARTS) is 1. The molecule has 92 valence electrons. The molecule has 0 amide bonds. The van der Waals surface area contributed by atoms with Gasteiger partial charge in [-0.25, -0.2) is 9.78 Å². The van der Waals surface area contributed by atoms with Crippen LogP contribution in [0.25, 0.3) is 11.3 Å². The van der Waals surface area contributed by atoms with Crippen LogP contribution >= 0.6 is 15.9 Å². The largest absolute Gasteiger partial charge is 0.496 e. The maximum absolute atomic E-state index is 10.9. The van der Waals surface area contributed by atoms with E-state index in [1.807, 2.05) is 12.1 Å². The average Bonchev–Trinajstić information content (AvgIpc) is 2.39. The second-order valence-corrected chi connectivity index (χ2v) is 4.47. The molecule has 0 radical (unpaired) electrons. The van der Waals surface area contributed by atoms with Gasteiger partial charge in [0.25, 0.3) is 0 Å². The Bertz CT molecular complexity index is 599. The van der Waals surface area contributed by atoms with Crippen molar-refractivity contribution >= 4 is 21.9 Å². The van der Waals surface area contributed by atoms with E-state index in [0.29, 0.717) is 11.4 Å². The first kappa shape index (κ1) is 12.6. The van der Waals surface area contributed by atoms with Crippen molar-refractivity contribution < 1.29 is 14.6 Å². The Morgan fingerprint density at radius 2 is 2.11 bits per heavy atom. The van der Waals surface area contributed by atoms with E-state index in [2.05, 4.69) is 20.9 Å². The first-order chi connectivity index (χ1) is 8.61. The summed E-state index contributed by atoms with van der Waals surface area (Å²) in [7, 11) is 1.56. The normalized spacial score (nSPS) is 10.1. The molecule has 0 atom stereocenters. The highest BCUT2D eigenvalue weighted by Crippen LogP contribution is 2.31. The fraction of sp³-hybridized carbons (Fsp3) is 0.0769. The molecule has 0 aliphatic rings. The molecule has 0 saturated heterocycles. The highest BCUT2D eigenvalue weighted by Gasteiger charge is 2.11. The lowest BCUT2D eigenvalue weighted by Crippen LogP contribution is -2.01. The van der Waals surface area contributed by atoms with Crippen molar-refractivity contribution in [2.75, 3.05) is 7.11 Å². The van der Waals surface area contributed by atoms with E-state index >= 15 is 0 Å². The van der Waals surface area contributed by atoms with E-state index in [-0.39, 0.29) is 5.69 Å². The van der Waals surface area contributed by atoms with E-state index in [9.17, 15) is 4.79 Å². The van der Waals surface area contributed by atoms with Crippen molar-refractivity contribution in [3.63, 3.8) is 0 Å². The first-order valence-corrected chi connectivity index (χ1v) is 5.95. The fourth-order valence-electron chi connectivity index (χ4n) is 1.58. The maximum atomic E-state index is 10.9. The minimum absolute atomic E-state index is 0.00882. The third kappa shape index (κ3) is 2.51. The van der Waals surface area contributed by atoms with E-state index in [1.54, 1.807) is 25.3 Å². The molecule has 1 heterocycles. The van der Waals surface area contributed by atoms with Gasteiger partial charge in [-0.3, -0.25) is 0 Å². The SMILES string of the molecule is COc1ccc(Br)cc1-c1cccc(C(=O)O)n1. The summed E-state index contributed by atoms with van der Waals surface area (Å²) in [5, 5.41) is 8.93. The van der Waals surface area contributed by atoms with Crippen LogP contribution in [0, 0.1) is 0 Å². The molecular formula is C13H10BrNO3. The van der Waals surface area contributed by atoms with Gasteiger partial charge >= 0.3 is 5.97 Å². The van der Waals surface area contributed by atoms with Gasteiger partial charge in [-0.15, -0.1) is 0 Å². The molecule has 0 aliphatic heterocycles. The molecule has 0 aliphatic carbocycles. The summed E-state index contributed by atoms with van der Waals surface area (Å²) in [6.45, 7) is 0. The Kier molecular flexibility index (Phi) is 3.62. The number of carbonyl (C=O) groups is 1. The Labute approximate surface area is 112 Å². The summed E-state index contributed by atoms with van der Waals surface area (Å²) in [4.78, 5) is 15.0. The molecule has 0 saturated carbocycles. The molecule has 0 bridgehead atoms. The zero-order valence-corrected chi connectivity index (χ0v) is 11.1. The number of halogens is 1. The van der Waals surface area contributed by atoms with Gasteiger partial charge in [0.15, 0.2) is 0 Å². The number of rotatable bonds is 3. The van der Waals surface area contributed by atoms with Gasteiger partial charge in [0.1, 0.15) is 11.4 Å². The lowest BCUT2D eigenvalue weighted by molar-refractivity contribution is 0.0690. The Hall–Kier alpha value is -1.88. The summed E-state index contributed by atoms with van der Waals surface area (Å²) >= 11 is 3.37. The van der Waals surface area contributed by atoms with E-state index < -0.39 is 5.97 Å². The molecule has 0 unspecified atom stereocenters. The van der Waals surface area contributed by atoms with Gasteiger partial charge in [0, 0.05) is 10.0 Å². The quantitative estimate of drug-likeness (QED) is 0.946.